The van der Waals surface area contributed by atoms with Crippen molar-refractivity contribution in [2.75, 3.05) is 27.3 Å². The van der Waals surface area contributed by atoms with Gasteiger partial charge in [-0.15, -0.1) is 0 Å². The van der Waals surface area contributed by atoms with Gasteiger partial charge < -0.3 is 14.8 Å². The van der Waals surface area contributed by atoms with E-state index in [0.29, 0.717) is 0 Å². The fourth-order valence-corrected chi connectivity index (χ4v) is 0.665. The van der Waals surface area contributed by atoms with Crippen molar-refractivity contribution in [2.45, 2.75) is 13.2 Å². The van der Waals surface area contributed by atoms with E-state index in [0.717, 1.165) is 13.1 Å². The van der Waals surface area contributed by atoms with Crippen LogP contribution in [0.5, 0.6) is 0 Å². The zero-order valence-electron chi connectivity index (χ0n) is 7.46. The Kier molecular flexibility index (Phi) is 7.46. The molecule has 0 heterocycles. The fourth-order valence-electron chi connectivity index (χ4n) is 0.665. The van der Waals surface area contributed by atoms with E-state index >= 15 is 0 Å². The first-order chi connectivity index (χ1) is 5.35. The van der Waals surface area contributed by atoms with E-state index in [1.165, 1.54) is 0 Å². The molecule has 0 aromatic heterocycles. The van der Waals surface area contributed by atoms with Crippen LogP contribution in [0.1, 0.15) is 6.92 Å². The first kappa shape index (κ1) is 10.6. The average molecular weight is 159 g/mol. The summed E-state index contributed by atoms with van der Waals surface area (Å²) in [5.41, 5.74) is 0. The molecule has 0 aliphatic rings. The molecule has 66 valence electrons. The zero-order chi connectivity index (χ0) is 8.53. The Balaban J connectivity index is 3.21. The number of rotatable bonds is 6. The summed E-state index contributed by atoms with van der Waals surface area (Å²) in [5, 5.41) is 3.15. The van der Waals surface area contributed by atoms with Gasteiger partial charge in [0.25, 0.3) is 0 Å². The highest BCUT2D eigenvalue weighted by molar-refractivity contribution is 4.79. The molecular weight excluding hydrogens is 142 g/mol. The van der Waals surface area contributed by atoms with Crippen LogP contribution >= 0.6 is 0 Å². The molecule has 0 saturated heterocycles. The van der Waals surface area contributed by atoms with Crippen LogP contribution in [0.25, 0.3) is 0 Å². The van der Waals surface area contributed by atoms with Gasteiger partial charge in [-0.2, -0.15) is 0 Å². The summed E-state index contributed by atoms with van der Waals surface area (Å²) >= 11 is 0. The Hall–Kier alpha value is -0.380. The second-order valence-electron chi connectivity index (χ2n) is 2.13. The average Bonchev–Trinajstić information content (AvgIpc) is 2.05. The van der Waals surface area contributed by atoms with E-state index < -0.39 is 0 Å². The van der Waals surface area contributed by atoms with Crippen molar-refractivity contribution in [3.63, 3.8) is 0 Å². The lowest BCUT2D eigenvalue weighted by molar-refractivity contribution is -0.0983. The topological polar surface area (TPSA) is 30.5 Å². The molecule has 0 spiro atoms. The van der Waals surface area contributed by atoms with E-state index in [-0.39, 0.29) is 6.29 Å². The van der Waals surface area contributed by atoms with Gasteiger partial charge in [-0.25, -0.2) is 0 Å². The smallest absolute Gasteiger partial charge is 0.169 e. The van der Waals surface area contributed by atoms with E-state index in [2.05, 4.69) is 5.32 Å². The highest BCUT2D eigenvalue weighted by atomic mass is 16.7. The van der Waals surface area contributed by atoms with Gasteiger partial charge in [0.05, 0.1) is 0 Å². The van der Waals surface area contributed by atoms with Crippen LogP contribution in [-0.4, -0.2) is 33.6 Å². The lowest BCUT2D eigenvalue weighted by Crippen LogP contribution is -2.29. The lowest BCUT2D eigenvalue weighted by atomic mass is 10.5. The van der Waals surface area contributed by atoms with Gasteiger partial charge in [0, 0.05) is 27.3 Å². The van der Waals surface area contributed by atoms with Crippen LogP contribution in [0.3, 0.4) is 0 Å². The van der Waals surface area contributed by atoms with Crippen molar-refractivity contribution in [3.05, 3.63) is 12.2 Å². The van der Waals surface area contributed by atoms with Crippen LogP contribution < -0.4 is 5.32 Å². The second kappa shape index (κ2) is 7.72. The maximum atomic E-state index is 4.97. The summed E-state index contributed by atoms with van der Waals surface area (Å²) in [6.07, 6.45) is 3.91. The van der Waals surface area contributed by atoms with Crippen molar-refractivity contribution < 1.29 is 9.47 Å². The summed E-state index contributed by atoms with van der Waals surface area (Å²) in [4.78, 5) is 0. The number of methoxy groups -OCH3 is 2. The molecule has 11 heavy (non-hydrogen) atoms. The van der Waals surface area contributed by atoms with Crippen LogP contribution in [0.15, 0.2) is 12.2 Å². The van der Waals surface area contributed by atoms with Gasteiger partial charge in [0.2, 0.25) is 0 Å². The van der Waals surface area contributed by atoms with Crippen LogP contribution in [0.4, 0.5) is 0 Å². The number of ether oxygens (including phenoxy) is 2. The Labute approximate surface area is 68.4 Å². The molecule has 0 aliphatic carbocycles. The lowest BCUT2D eigenvalue weighted by Gasteiger charge is -2.12. The quantitative estimate of drug-likeness (QED) is 0.353. The highest BCUT2D eigenvalue weighted by Gasteiger charge is 2.01. The monoisotopic (exact) mass is 159 g/mol. The van der Waals surface area contributed by atoms with Crippen molar-refractivity contribution in [1.82, 2.24) is 5.32 Å². The molecule has 0 aromatic rings. The molecule has 0 bridgehead atoms. The normalized spacial score (nSPS) is 11.6. The highest BCUT2D eigenvalue weighted by Crippen LogP contribution is 1.86. The van der Waals surface area contributed by atoms with Crippen LogP contribution in [0, 0.1) is 0 Å². The molecule has 0 saturated carbocycles. The van der Waals surface area contributed by atoms with Gasteiger partial charge in [0.15, 0.2) is 6.29 Å². The minimum Gasteiger partial charge on any atom is -0.355 e. The first-order valence-electron chi connectivity index (χ1n) is 3.72. The third kappa shape index (κ3) is 6.04. The minimum absolute atomic E-state index is 0.139. The van der Waals surface area contributed by atoms with E-state index in [4.69, 9.17) is 9.47 Å². The van der Waals surface area contributed by atoms with Gasteiger partial charge in [-0.3, -0.25) is 0 Å². The number of hydrogen-bond donors (Lipinski definition) is 1. The molecule has 0 amide bonds. The molecule has 0 unspecified atom stereocenters. The van der Waals surface area contributed by atoms with Crippen molar-refractivity contribution >= 4 is 0 Å². The molecule has 3 nitrogen and oxygen atoms in total. The first-order valence-corrected chi connectivity index (χ1v) is 3.72. The SMILES string of the molecule is CC=CCNCC(OC)OC. The maximum Gasteiger partial charge on any atom is 0.169 e. The van der Waals surface area contributed by atoms with Crippen molar-refractivity contribution in [2.24, 2.45) is 0 Å². The number of hydrogen-bond acceptors (Lipinski definition) is 3. The Bertz CT molecular complexity index is 100. The molecule has 0 rings (SSSR count). The second-order valence-corrected chi connectivity index (χ2v) is 2.13. The summed E-state index contributed by atoms with van der Waals surface area (Å²) in [5.74, 6) is 0. The summed E-state index contributed by atoms with van der Waals surface area (Å²) in [7, 11) is 3.26. The largest absolute Gasteiger partial charge is 0.355 e. The van der Waals surface area contributed by atoms with E-state index in [1.54, 1.807) is 14.2 Å². The van der Waals surface area contributed by atoms with E-state index in [9.17, 15) is 0 Å². The van der Waals surface area contributed by atoms with Crippen molar-refractivity contribution in [3.8, 4) is 0 Å². The third-order valence-electron chi connectivity index (χ3n) is 1.33. The molecular formula is C8H17NO2. The number of nitrogens with one attached hydrogen (secondary N) is 1. The predicted molar refractivity (Wildman–Crippen MR) is 45.5 cm³/mol. The molecule has 0 atom stereocenters. The molecule has 1 N–H and O–H groups in total. The standard InChI is InChI=1S/C8H17NO2/c1-4-5-6-9-7-8(10-2)11-3/h4-5,8-9H,6-7H2,1-3H3. The minimum atomic E-state index is -0.139. The fraction of sp³-hybridized carbons (Fsp3) is 0.750. The maximum absolute atomic E-state index is 4.97. The summed E-state index contributed by atoms with van der Waals surface area (Å²) < 4.78 is 9.94. The zero-order valence-corrected chi connectivity index (χ0v) is 7.46. The number of allylic oxidation sites excluding steroid dienone is 1. The Morgan fingerprint density at radius 1 is 1.36 bits per heavy atom. The van der Waals surface area contributed by atoms with Crippen LogP contribution in [-0.2, 0) is 9.47 Å². The third-order valence-corrected chi connectivity index (χ3v) is 1.33. The molecule has 0 radical (unpaired) electrons. The van der Waals surface area contributed by atoms with Gasteiger partial charge in [-0.05, 0) is 6.92 Å². The van der Waals surface area contributed by atoms with Gasteiger partial charge in [-0.1, -0.05) is 12.2 Å². The Morgan fingerprint density at radius 2 is 2.00 bits per heavy atom. The van der Waals surface area contributed by atoms with Crippen molar-refractivity contribution in [1.29, 1.82) is 0 Å². The molecule has 0 fully saturated rings. The Morgan fingerprint density at radius 3 is 2.45 bits per heavy atom. The van der Waals surface area contributed by atoms with Gasteiger partial charge in [0.1, 0.15) is 0 Å². The molecule has 0 aliphatic heterocycles. The summed E-state index contributed by atoms with van der Waals surface area (Å²) in [6.45, 7) is 3.57. The molecule has 3 heteroatoms. The van der Waals surface area contributed by atoms with Crippen LogP contribution in [0.2, 0.25) is 0 Å². The summed E-state index contributed by atoms with van der Waals surface area (Å²) in [6, 6.07) is 0. The van der Waals surface area contributed by atoms with E-state index in [1.807, 2.05) is 19.1 Å². The predicted octanol–water partition coefficient (Wildman–Crippen LogP) is 0.771. The van der Waals surface area contributed by atoms with Gasteiger partial charge >= 0.3 is 0 Å². The molecule has 0 aromatic carbocycles.